The summed E-state index contributed by atoms with van der Waals surface area (Å²) >= 11 is 0. The number of nitrogens with two attached hydrogens (primary N) is 1. The van der Waals surface area contributed by atoms with Gasteiger partial charge in [0.1, 0.15) is 5.71 Å². The zero-order valence-corrected chi connectivity index (χ0v) is 16.3. The molecule has 6 heteroatoms. The minimum atomic E-state index is -0.0215. The Morgan fingerprint density at radius 2 is 1.73 bits per heavy atom. The summed E-state index contributed by atoms with van der Waals surface area (Å²) in [6.07, 6.45) is 2.61. The first-order chi connectivity index (χ1) is 12.4. The zero-order chi connectivity index (χ0) is 19.4. The smallest absolute Gasteiger partial charge is 0.165 e. The molecule has 0 amide bonds. The third-order valence-electron chi connectivity index (χ3n) is 3.67. The lowest BCUT2D eigenvalue weighted by Gasteiger charge is -2.07. The monoisotopic (exact) mass is 361 g/mol. The van der Waals surface area contributed by atoms with Gasteiger partial charge in [-0.2, -0.15) is 5.10 Å². The van der Waals surface area contributed by atoms with Crippen LogP contribution in [0.5, 0.6) is 0 Å². The van der Waals surface area contributed by atoms with Crippen LogP contribution in [0.15, 0.2) is 34.4 Å². The number of hydrazone groups is 1. The second kappa shape index (κ2) is 12.3. The van der Waals surface area contributed by atoms with Gasteiger partial charge in [0, 0.05) is 18.1 Å². The molecule has 1 aromatic rings. The molecule has 0 heterocycles. The van der Waals surface area contributed by atoms with Gasteiger partial charge in [0.05, 0.1) is 31.7 Å². The number of Topliss-reactive ketones (excluding diaryl/α,β-unsaturated/α-hetero) is 1. The van der Waals surface area contributed by atoms with Crippen molar-refractivity contribution in [1.82, 2.24) is 0 Å². The molecule has 144 valence electrons. The summed E-state index contributed by atoms with van der Waals surface area (Å²) in [6, 6.07) is 7.14. The predicted octanol–water partition coefficient (Wildman–Crippen LogP) is 3.62. The zero-order valence-electron chi connectivity index (χ0n) is 16.3. The third kappa shape index (κ3) is 8.87. The number of hydrogen-bond acceptors (Lipinski definition) is 6. The number of rotatable bonds is 12. The second-order valence-electron chi connectivity index (χ2n) is 6.79. The van der Waals surface area contributed by atoms with Gasteiger partial charge >= 0.3 is 0 Å². The average molecular weight is 361 g/mol. The Labute approximate surface area is 156 Å². The van der Waals surface area contributed by atoms with Crippen molar-refractivity contribution in [2.45, 2.75) is 34.1 Å². The van der Waals surface area contributed by atoms with Crippen LogP contribution in [0.4, 0.5) is 5.69 Å². The Bertz CT molecular complexity index is 593. The van der Waals surface area contributed by atoms with Crippen LogP contribution in [0.1, 0.15) is 44.5 Å². The third-order valence-corrected chi connectivity index (χ3v) is 3.67. The first-order valence-electron chi connectivity index (χ1n) is 9.04. The quantitative estimate of drug-likeness (QED) is 0.202. The molecule has 0 aliphatic heterocycles. The van der Waals surface area contributed by atoms with Gasteiger partial charge in [0.15, 0.2) is 5.78 Å². The van der Waals surface area contributed by atoms with Crippen molar-refractivity contribution in [2.75, 3.05) is 26.4 Å². The van der Waals surface area contributed by atoms with E-state index >= 15 is 0 Å². The van der Waals surface area contributed by atoms with Crippen LogP contribution in [-0.4, -0.2) is 44.1 Å². The Balaban J connectivity index is 2.37. The van der Waals surface area contributed by atoms with Crippen LogP contribution in [0.25, 0.3) is 0 Å². The van der Waals surface area contributed by atoms with Crippen LogP contribution in [0.3, 0.4) is 0 Å². The van der Waals surface area contributed by atoms with Crippen molar-refractivity contribution in [3.63, 3.8) is 0 Å². The summed E-state index contributed by atoms with van der Waals surface area (Å²) in [5.41, 5.74) is 1.95. The molecule has 0 bridgehead atoms. The molecule has 26 heavy (non-hydrogen) atoms. The number of ketones is 1. The fraction of sp³-hybridized carbons (Fsp3) is 0.550. The van der Waals surface area contributed by atoms with E-state index in [1.165, 1.54) is 0 Å². The molecule has 0 fully saturated rings. The van der Waals surface area contributed by atoms with Crippen molar-refractivity contribution < 1.29 is 14.3 Å². The average Bonchev–Trinajstić information content (AvgIpc) is 2.62. The van der Waals surface area contributed by atoms with E-state index in [1.807, 2.05) is 13.8 Å². The first-order valence-corrected chi connectivity index (χ1v) is 9.04. The van der Waals surface area contributed by atoms with E-state index in [0.29, 0.717) is 30.4 Å². The van der Waals surface area contributed by atoms with Crippen LogP contribution < -0.4 is 5.84 Å². The molecule has 0 aromatic heterocycles. The van der Waals surface area contributed by atoms with Gasteiger partial charge in [0.25, 0.3) is 0 Å². The summed E-state index contributed by atoms with van der Waals surface area (Å²) in [5, 5.41) is 3.68. The summed E-state index contributed by atoms with van der Waals surface area (Å²) in [5.74, 6) is 6.11. The Morgan fingerprint density at radius 3 is 2.31 bits per heavy atom. The van der Waals surface area contributed by atoms with E-state index in [2.05, 4.69) is 23.9 Å². The lowest BCUT2D eigenvalue weighted by atomic mass is 10.0. The van der Waals surface area contributed by atoms with Gasteiger partial charge in [0.2, 0.25) is 0 Å². The largest absolute Gasteiger partial charge is 0.379 e. The van der Waals surface area contributed by atoms with Crippen LogP contribution in [0, 0.1) is 11.8 Å². The van der Waals surface area contributed by atoms with Crippen LogP contribution in [-0.2, 0) is 9.47 Å². The molecule has 0 atom stereocenters. The SMILES string of the molecule is CC(C)CCOCCOCC(C=Nc1ccc(C(=O)C(C)C)cc1)=NN. The van der Waals surface area contributed by atoms with E-state index < -0.39 is 0 Å². The maximum atomic E-state index is 11.9. The number of hydrogen-bond donors (Lipinski definition) is 1. The van der Waals surface area contributed by atoms with Crippen molar-refractivity contribution in [3.05, 3.63) is 29.8 Å². The van der Waals surface area contributed by atoms with Crippen LogP contribution >= 0.6 is 0 Å². The fourth-order valence-corrected chi connectivity index (χ4v) is 2.02. The maximum absolute atomic E-state index is 11.9. The minimum Gasteiger partial charge on any atom is -0.379 e. The number of carbonyl (C=O) groups excluding carboxylic acids is 1. The predicted molar refractivity (Wildman–Crippen MR) is 106 cm³/mol. The van der Waals surface area contributed by atoms with Crippen molar-refractivity contribution in [2.24, 2.45) is 27.8 Å². The molecule has 0 aliphatic carbocycles. The second-order valence-corrected chi connectivity index (χ2v) is 6.79. The molecule has 0 saturated carbocycles. The molecule has 1 aromatic carbocycles. The normalized spacial score (nSPS) is 12.5. The molecule has 0 unspecified atom stereocenters. The van der Waals surface area contributed by atoms with E-state index in [-0.39, 0.29) is 18.3 Å². The van der Waals surface area contributed by atoms with Crippen LogP contribution in [0.2, 0.25) is 0 Å². The van der Waals surface area contributed by atoms with E-state index in [1.54, 1.807) is 30.5 Å². The molecule has 0 radical (unpaired) electrons. The fourth-order valence-electron chi connectivity index (χ4n) is 2.02. The van der Waals surface area contributed by atoms with Gasteiger partial charge in [-0.1, -0.05) is 27.7 Å². The lowest BCUT2D eigenvalue weighted by Crippen LogP contribution is -2.15. The summed E-state index contributed by atoms with van der Waals surface area (Å²) < 4.78 is 11.0. The topological polar surface area (TPSA) is 86.3 Å². The Morgan fingerprint density at radius 1 is 1.08 bits per heavy atom. The summed E-state index contributed by atoms with van der Waals surface area (Å²) in [6.45, 7) is 10.1. The highest BCUT2D eigenvalue weighted by molar-refractivity contribution is 6.31. The van der Waals surface area contributed by atoms with Crippen molar-refractivity contribution in [3.8, 4) is 0 Å². The summed E-state index contributed by atoms with van der Waals surface area (Å²) in [7, 11) is 0. The molecule has 0 spiro atoms. The number of carbonyl (C=O) groups is 1. The Hall–Kier alpha value is -2.05. The minimum absolute atomic E-state index is 0.0215. The number of nitrogens with zero attached hydrogens (tertiary/aromatic N) is 2. The van der Waals surface area contributed by atoms with Crippen molar-refractivity contribution in [1.29, 1.82) is 0 Å². The number of benzene rings is 1. The molecular weight excluding hydrogens is 330 g/mol. The summed E-state index contributed by atoms with van der Waals surface area (Å²) in [4.78, 5) is 16.2. The highest BCUT2D eigenvalue weighted by Crippen LogP contribution is 2.15. The van der Waals surface area contributed by atoms with E-state index in [9.17, 15) is 4.79 Å². The van der Waals surface area contributed by atoms with Crippen molar-refractivity contribution >= 4 is 23.4 Å². The lowest BCUT2D eigenvalue weighted by molar-refractivity contribution is 0.0575. The van der Waals surface area contributed by atoms with Gasteiger partial charge in [-0.15, -0.1) is 0 Å². The molecule has 2 N–H and O–H groups in total. The molecule has 0 aliphatic rings. The number of ether oxygens (including phenoxy) is 2. The van der Waals surface area contributed by atoms with Gasteiger partial charge in [-0.25, -0.2) is 0 Å². The first kappa shape index (κ1) is 22.0. The highest BCUT2D eigenvalue weighted by atomic mass is 16.5. The van der Waals surface area contributed by atoms with Gasteiger partial charge in [-0.05, 0) is 36.6 Å². The standard InChI is InChI=1S/C20H31N3O3/c1-15(2)9-10-25-11-12-26-14-19(23-21)13-22-18-7-5-17(6-8-18)20(24)16(3)4/h5-8,13,15-16H,9-12,14,21H2,1-4H3. The van der Waals surface area contributed by atoms with Gasteiger partial charge < -0.3 is 15.3 Å². The number of aliphatic imine (C=N–C) groups is 1. The molecule has 0 saturated heterocycles. The molecule has 1 rings (SSSR count). The highest BCUT2D eigenvalue weighted by Gasteiger charge is 2.09. The Kier molecular flexibility index (Phi) is 10.4. The van der Waals surface area contributed by atoms with E-state index in [4.69, 9.17) is 15.3 Å². The maximum Gasteiger partial charge on any atom is 0.165 e. The van der Waals surface area contributed by atoms with E-state index in [0.717, 1.165) is 18.7 Å². The van der Waals surface area contributed by atoms with Gasteiger partial charge in [-0.3, -0.25) is 9.79 Å². The molecule has 6 nitrogen and oxygen atoms in total. The molecular formula is C20H31N3O3.